The standard InChI is InChI=1S/C22H27NO6/c1-26-15-8-10-18(27-2)16(13-15)21(23-11-5-6-17(23)22(24)25)14-7-9-19(28-3)20(12-14)29-4/h7-10,12-13,17,21H,5-6,11H2,1-4H3,(H,24,25). The van der Waals surface area contributed by atoms with Crippen LogP contribution < -0.4 is 18.9 Å². The van der Waals surface area contributed by atoms with Crippen molar-refractivity contribution in [3.8, 4) is 23.0 Å². The SMILES string of the molecule is COc1ccc(OC)c(C(c2ccc(OC)c(OC)c2)N2CCCC2C(=O)O)c1. The smallest absolute Gasteiger partial charge is 0.320 e. The Morgan fingerprint density at radius 2 is 1.66 bits per heavy atom. The molecule has 1 aliphatic rings. The number of hydrogen-bond acceptors (Lipinski definition) is 6. The maximum absolute atomic E-state index is 11.9. The molecule has 7 nitrogen and oxygen atoms in total. The first-order valence-corrected chi connectivity index (χ1v) is 9.46. The van der Waals surface area contributed by atoms with Crippen molar-refractivity contribution in [2.75, 3.05) is 35.0 Å². The van der Waals surface area contributed by atoms with E-state index in [4.69, 9.17) is 18.9 Å². The molecule has 2 aromatic carbocycles. The van der Waals surface area contributed by atoms with E-state index in [1.54, 1.807) is 28.4 Å². The van der Waals surface area contributed by atoms with Gasteiger partial charge in [0.25, 0.3) is 0 Å². The van der Waals surface area contributed by atoms with E-state index in [-0.39, 0.29) is 6.04 Å². The highest BCUT2D eigenvalue weighted by Crippen LogP contribution is 2.42. The molecule has 3 rings (SSSR count). The molecule has 2 unspecified atom stereocenters. The van der Waals surface area contributed by atoms with Crippen LogP contribution in [0.4, 0.5) is 0 Å². The van der Waals surface area contributed by atoms with Crippen LogP contribution in [0.3, 0.4) is 0 Å². The van der Waals surface area contributed by atoms with Crippen LogP contribution in [0.15, 0.2) is 36.4 Å². The van der Waals surface area contributed by atoms with Gasteiger partial charge < -0.3 is 24.1 Å². The topological polar surface area (TPSA) is 77.5 Å². The summed E-state index contributed by atoms with van der Waals surface area (Å²) in [7, 11) is 6.38. The fourth-order valence-corrected chi connectivity index (χ4v) is 3.99. The maximum Gasteiger partial charge on any atom is 0.320 e. The Hall–Kier alpha value is -2.93. The van der Waals surface area contributed by atoms with Crippen molar-refractivity contribution < 1.29 is 28.8 Å². The van der Waals surface area contributed by atoms with E-state index in [2.05, 4.69) is 0 Å². The second-order valence-corrected chi connectivity index (χ2v) is 6.86. The number of carboxylic acid groups (broad SMARTS) is 1. The molecule has 1 fully saturated rings. The van der Waals surface area contributed by atoms with E-state index >= 15 is 0 Å². The molecule has 2 aromatic rings. The molecule has 29 heavy (non-hydrogen) atoms. The number of rotatable bonds is 8. The molecule has 0 amide bonds. The molecule has 0 bridgehead atoms. The summed E-state index contributed by atoms with van der Waals surface area (Å²) in [5.41, 5.74) is 1.73. The first kappa shape index (κ1) is 20.8. The maximum atomic E-state index is 11.9. The van der Waals surface area contributed by atoms with Gasteiger partial charge in [-0.2, -0.15) is 0 Å². The normalized spacial score (nSPS) is 17.6. The Labute approximate surface area is 170 Å². The molecule has 156 valence electrons. The van der Waals surface area contributed by atoms with E-state index < -0.39 is 12.0 Å². The minimum absolute atomic E-state index is 0.344. The highest BCUT2D eigenvalue weighted by atomic mass is 16.5. The molecule has 1 heterocycles. The van der Waals surface area contributed by atoms with Crippen LogP contribution in [-0.4, -0.2) is 57.0 Å². The molecule has 2 atom stereocenters. The van der Waals surface area contributed by atoms with E-state index in [0.29, 0.717) is 36.0 Å². The second-order valence-electron chi connectivity index (χ2n) is 6.86. The number of likely N-dealkylation sites (tertiary alicyclic amines) is 1. The number of carboxylic acids is 1. The first-order valence-electron chi connectivity index (χ1n) is 9.46. The quantitative estimate of drug-likeness (QED) is 0.727. The summed E-state index contributed by atoms with van der Waals surface area (Å²) in [4.78, 5) is 13.9. The van der Waals surface area contributed by atoms with Crippen LogP contribution in [-0.2, 0) is 4.79 Å². The van der Waals surface area contributed by atoms with Gasteiger partial charge in [0.1, 0.15) is 17.5 Å². The average Bonchev–Trinajstić information content (AvgIpc) is 3.23. The summed E-state index contributed by atoms with van der Waals surface area (Å²) in [5.74, 6) is 1.72. The zero-order valence-electron chi connectivity index (χ0n) is 17.2. The van der Waals surface area contributed by atoms with Gasteiger partial charge in [0, 0.05) is 12.1 Å². The average molecular weight is 401 g/mol. The third-order valence-electron chi connectivity index (χ3n) is 5.37. The third-order valence-corrected chi connectivity index (χ3v) is 5.37. The fourth-order valence-electron chi connectivity index (χ4n) is 3.99. The predicted molar refractivity (Wildman–Crippen MR) is 108 cm³/mol. The zero-order chi connectivity index (χ0) is 21.0. The number of nitrogens with zero attached hydrogens (tertiary/aromatic N) is 1. The van der Waals surface area contributed by atoms with Crippen molar-refractivity contribution in [1.29, 1.82) is 0 Å². The number of carbonyl (C=O) groups is 1. The van der Waals surface area contributed by atoms with Gasteiger partial charge in [-0.15, -0.1) is 0 Å². The Bertz CT molecular complexity index is 868. The van der Waals surface area contributed by atoms with E-state index in [9.17, 15) is 9.90 Å². The Morgan fingerprint density at radius 3 is 2.28 bits per heavy atom. The molecular weight excluding hydrogens is 374 g/mol. The lowest BCUT2D eigenvalue weighted by Crippen LogP contribution is -2.39. The van der Waals surface area contributed by atoms with Crippen LogP contribution in [0.1, 0.15) is 30.0 Å². The van der Waals surface area contributed by atoms with E-state index in [1.807, 2.05) is 41.3 Å². The van der Waals surface area contributed by atoms with Crippen LogP contribution in [0.25, 0.3) is 0 Å². The minimum atomic E-state index is -0.824. The van der Waals surface area contributed by atoms with Crippen molar-refractivity contribution in [1.82, 2.24) is 4.90 Å². The van der Waals surface area contributed by atoms with Gasteiger partial charge in [-0.25, -0.2) is 0 Å². The molecule has 1 N–H and O–H groups in total. The predicted octanol–water partition coefficient (Wildman–Crippen LogP) is 3.36. The molecule has 1 aliphatic heterocycles. The Kier molecular flexibility index (Phi) is 6.49. The molecule has 0 radical (unpaired) electrons. The lowest BCUT2D eigenvalue weighted by molar-refractivity contribution is -0.142. The summed E-state index contributed by atoms with van der Waals surface area (Å²) in [6, 6.07) is 10.3. The van der Waals surface area contributed by atoms with E-state index in [0.717, 1.165) is 17.5 Å². The molecule has 0 aromatic heterocycles. The first-order chi connectivity index (χ1) is 14.0. The molecule has 0 aliphatic carbocycles. The molecule has 7 heteroatoms. The highest BCUT2D eigenvalue weighted by Gasteiger charge is 2.38. The fraction of sp³-hybridized carbons (Fsp3) is 0.409. The minimum Gasteiger partial charge on any atom is -0.497 e. The number of methoxy groups -OCH3 is 4. The lowest BCUT2D eigenvalue weighted by Gasteiger charge is -2.33. The number of aliphatic carboxylic acids is 1. The Balaban J connectivity index is 2.19. The van der Waals surface area contributed by atoms with Crippen LogP contribution in [0.5, 0.6) is 23.0 Å². The van der Waals surface area contributed by atoms with Crippen LogP contribution in [0, 0.1) is 0 Å². The molecule has 1 saturated heterocycles. The van der Waals surface area contributed by atoms with Gasteiger partial charge in [-0.1, -0.05) is 6.07 Å². The molecule has 0 saturated carbocycles. The van der Waals surface area contributed by atoms with Gasteiger partial charge in [0.05, 0.1) is 34.5 Å². The highest BCUT2D eigenvalue weighted by molar-refractivity contribution is 5.74. The zero-order valence-corrected chi connectivity index (χ0v) is 17.2. The second kappa shape index (κ2) is 9.05. The van der Waals surface area contributed by atoms with Gasteiger partial charge in [-0.05, 0) is 48.7 Å². The number of benzene rings is 2. The number of hydrogen-bond donors (Lipinski definition) is 1. The van der Waals surface area contributed by atoms with Crippen molar-refractivity contribution in [2.24, 2.45) is 0 Å². The van der Waals surface area contributed by atoms with Gasteiger partial charge >= 0.3 is 5.97 Å². The summed E-state index contributed by atoms with van der Waals surface area (Å²) >= 11 is 0. The van der Waals surface area contributed by atoms with Crippen molar-refractivity contribution in [2.45, 2.75) is 24.9 Å². The summed E-state index contributed by atoms with van der Waals surface area (Å²) in [6.07, 6.45) is 1.42. The van der Waals surface area contributed by atoms with Gasteiger partial charge in [0.15, 0.2) is 11.5 Å². The monoisotopic (exact) mass is 401 g/mol. The van der Waals surface area contributed by atoms with Crippen LogP contribution in [0.2, 0.25) is 0 Å². The van der Waals surface area contributed by atoms with Gasteiger partial charge in [-0.3, -0.25) is 9.69 Å². The number of ether oxygens (including phenoxy) is 4. The van der Waals surface area contributed by atoms with E-state index in [1.165, 1.54) is 0 Å². The summed E-state index contributed by atoms with van der Waals surface area (Å²) in [5, 5.41) is 9.79. The van der Waals surface area contributed by atoms with Crippen LogP contribution >= 0.6 is 0 Å². The Morgan fingerprint density at radius 1 is 0.966 bits per heavy atom. The summed E-state index contributed by atoms with van der Waals surface area (Å²) < 4.78 is 21.9. The van der Waals surface area contributed by atoms with Crippen molar-refractivity contribution in [3.05, 3.63) is 47.5 Å². The third kappa shape index (κ3) is 4.10. The molecular formula is C22H27NO6. The largest absolute Gasteiger partial charge is 0.497 e. The summed E-state index contributed by atoms with van der Waals surface area (Å²) in [6.45, 7) is 0.663. The van der Waals surface area contributed by atoms with Crippen molar-refractivity contribution >= 4 is 5.97 Å². The van der Waals surface area contributed by atoms with Crippen molar-refractivity contribution in [3.63, 3.8) is 0 Å². The van der Waals surface area contributed by atoms with Gasteiger partial charge in [0.2, 0.25) is 0 Å². The lowest BCUT2D eigenvalue weighted by atomic mass is 9.94. The molecule has 0 spiro atoms.